The quantitative estimate of drug-likeness (QED) is 0.351. The maximum atomic E-state index is 13.4. The Kier molecular flexibility index (Phi) is 5.86. The second kappa shape index (κ2) is 9.11. The summed E-state index contributed by atoms with van der Waals surface area (Å²) in [5.41, 5.74) is 5.50. The van der Waals surface area contributed by atoms with E-state index in [1.807, 2.05) is 73.1 Å². The molecule has 0 radical (unpaired) electrons. The van der Waals surface area contributed by atoms with Crippen LogP contribution in [0.15, 0.2) is 73.2 Å². The van der Waals surface area contributed by atoms with E-state index < -0.39 is 0 Å². The molecule has 0 spiro atoms. The number of para-hydroxylation sites is 1. The number of carbonyl (C=O) groups excluding carboxylic acids is 1. The number of nitrogens with one attached hydrogen (secondary N) is 1. The zero-order valence-corrected chi connectivity index (χ0v) is 19.6. The van der Waals surface area contributed by atoms with E-state index in [-0.39, 0.29) is 5.91 Å². The van der Waals surface area contributed by atoms with Crippen molar-refractivity contribution >= 4 is 34.1 Å². The summed E-state index contributed by atoms with van der Waals surface area (Å²) in [6.07, 6.45) is 5.23. The van der Waals surface area contributed by atoms with Gasteiger partial charge in [0, 0.05) is 34.4 Å². The van der Waals surface area contributed by atoms with Gasteiger partial charge in [-0.25, -0.2) is 4.98 Å². The lowest BCUT2D eigenvalue weighted by atomic mass is 10.0. The van der Waals surface area contributed by atoms with Crippen molar-refractivity contribution in [1.29, 1.82) is 0 Å². The van der Waals surface area contributed by atoms with Crippen LogP contribution < -0.4 is 5.32 Å². The largest absolute Gasteiger partial charge is 0.319 e. The van der Waals surface area contributed by atoms with E-state index in [9.17, 15) is 4.79 Å². The minimum atomic E-state index is -0.224. The van der Waals surface area contributed by atoms with Gasteiger partial charge in [0.1, 0.15) is 0 Å². The van der Waals surface area contributed by atoms with Crippen LogP contribution in [0.5, 0.6) is 0 Å². The van der Waals surface area contributed by atoms with Crippen LogP contribution in [0, 0.1) is 6.92 Å². The zero-order chi connectivity index (χ0) is 23.7. The average molecular weight is 471 g/mol. The van der Waals surface area contributed by atoms with Crippen molar-refractivity contribution in [2.75, 3.05) is 5.32 Å². The monoisotopic (exact) mass is 470 g/mol. The smallest absolute Gasteiger partial charge is 0.256 e. The third kappa shape index (κ3) is 4.18. The number of rotatable bonds is 6. The number of hydrogen-bond donors (Lipinski definition) is 1. The van der Waals surface area contributed by atoms with Gasteiger partial charge in [0.15, 0.2) is 0 Å². The molecule has 0 unspecified atom stereocenters. The highest BCUT2D eigenvalue weighted by Gasteiger charge is 2.17. The van der Waals surface area contributed by atoms with Crippen molar-refractivity contribution in [1.82, 2.24) is 24.5 Å². The first-order valence-electron chi connectivity index (χ1n) is 11.0. The van der Waals surface area contributed by atoms with E-state index in [4.69, 9.17) is 16.6 Å². The first-order chi connectivity index (χ1) is 16.5. The number of anilines is 1. The predicted octanol–water partition coefficient (Wildman–Crippen LogP) is 5.58. The molecule has 8 heteroatoms. The van der Waals surface area contributed by atoms with E-state index in [2.05, 4.69) is 15.5 Å². The Bertz CT molecular complexity index is 1500. The molecular weight excluding hydrogens is 448 g/mol. The number of benzene rings is 2. The first kappa shape index (κ1) is 21.9. The maximum Gasteiger partial charge on any atom is 0.256 e. The molecule has 1 amide bonds. The van der Waals surface area contributed by atoms with Crippen LogP contribution >= 0.6 is 11.6 Å². The summed E-state index contributed by atoms with van der Waals surface area (Å²) in [6, 6.07) is 17.1. The van der Waals surface area contributed by atoms with Gasteiger partial charge < -0.3 is 5.32 Å². The molecule has 0 atom stereocenters. The van der Waals surface area contributed by atoms with E-state index in [0.29, 0.717) is 22.8 Å². The van der Waals surface area contributed by atoms with Crippen molar-refractivity contribution in [2.24, 2.45) is 0 Å². The number of fused-ring (bicyclic) bond motifs is 1. The number of aryl methyl sites for hydroxylation is 1. The van der Waals surface area contributed by atoms with Crippen LogP contribution in [0.25, 0.3) is 22.2 Å². The Morgan fingerprint density at radius 1 is 1.06 bits per heavy atom. The van der Waals surface area contributed by atoms with Crippen LogP contribution in [0.4, 0.5) is 5.69 Å². The lowest BCUT2D eigenvalue weighted by Crippen LogP contribution is -2.13. The molecule has 5 rings (SSSR count). The van der Waals surface area contributed by atoms with Gasteiger partial charge in [-0.2, -0.15) is 10.2 Å². The predicted molar refractivity (Wildman–Crippen MR) is 134 cm³/mol. The molecule has 0 aliphatic carbocycles. The highest BCUT2D eigenvalue weighted by atomic mass is 35.5. The van der Waals surface area contributed by atoms with Crippen LogP contribution in [0.1, 0.15) is 28.5 Å². The molecule has 0 bridgehead atoms. The first-order valence-corrected chi connectivity index (χ1v) is 11.4. The topological polar surface area (TPSA) is 77.6 Å². The van der Waals surface area contributed by atoms with Crippen LogP contribution in [-0.2, 0) is 13.1 Å². The molecule has 1 N–H and O–H groups in total. The molecule has 5 aromatic rings. The normalized spacial score (nSPS) is 11.1. The fourth-order valence-corrected chi connectivity index (χ4v) is 4.23. The Morgan fingerprint density at radius 3 is 2.65 bits per heavy atom. The lowest BCUT2D eigenvalue weighted by Gasteiger charge is -2.10. The Hall–Kier alpha value is -3.97. The van der Waals surface area contributed by atoms with Crippen molar-refractivity contribution in [2.45, 2.75) is 26.9 Å². The van der Waals surface area contributed by atoms with E-state index in [1.165, 1.54) is 0 Å². The molecule has 2 aromatic carbocycles. The molecule has 3 heterocycles. The second-order valence-electron chi connectivity index (χ2n) is 8.00. The minimum absolute atomic E-state index is 0.224. The molecule has 0 fully saturated rings. The van der Waals surface area contributed by atoms with Gasteiger partial charge in [0.2, 0.25) is 0 Å². The number of halogens is 1. The van der Waals surface area contributed by atoms with Gasteiger partial charge in [0.25, 0.3) is 5.91 Å². The number of pyridine rings is 1. The van der Waals surface area contributed by atoms with Gasteiger partial charge in [-0.15, -0.1) is 0 Å². The molecule has 34 heavy (non-hydrogen) atoms. The summed E-state index contributed by atoms with van der Waals surface area (Å²) < 4.78 is 3.66. The molecular formula is C26H23ClN6O. The Labute approximate surface area is 202 Å². The molecule has 3 aromatic heterocycles. The summed E-state index contributed by atoms with van der Waals surface area (Å²) >= 11 is 6.27. The van der Waals surface area contributed by atoms with Crippen LogP contribution in [0.2, 0.25) is 5.02 Å². The van der Waals surface area contributed by atoms with Gasteiger partial charge in [-0.05, 0) is 37.6 Å². The van der Waals surface area contributed by atoms with Crippen molar-refractivity contribution in [3.8, 4) is 11.3 Å². The molecule has 7 nitrogen and oxygen atoms in total. The van der Waals surface area contributed by atoms with Crippen molar-refractivity contribution < 1.29 is 4.79 Å². The average Bonchev–Trinajstić information content (AvgIpc) is 3.45. The maximum absolute atomic E-state index is 13.4. The van der Waals surface area contributed by atoms with Crippen molar-refractivity contribution in [3.05, 3.63) is 95.0 Å². The summed E-state index contributed by atoms with van der Waals surface area (Å²) in [6.45, 7) is 5.34. The van der Waals surface area contributed by atoms with Crippen LogP contribution in [0.3, 0.4) is 0 Å². The summed E-state index contributed by atoms with van der Waals surface area (Å²) in [4.78, 5) is 18.2. The molecule has 0 aliphatic rings. The number of carbonyl (C=O) groups is 1. The highest BCUT2D eigenvalue weighted by molar-refractivity contribution is 6.31. The fourth-order valence-electron chi connectivity index (χ4n) is 4.03. The molecule has 0 saturated carbocycles. The highest BCUT2D eigenvalue weighted by Crippen LogP contribution is 2.27. The van der Waals surface area contributed by atoms with Gasteiger partial charge in [-0.3, -0.25) is 14.2 Å². The number of nitrogens with zero attached hydrogens (tertiary/aromatic N) is 5. The summed E-state index contributed by atoms with van der Waals surface area (Å²) in [5.74, 6) is -0.224. The lowest BCUT2D eigenvalue weighted by molar-refractivity contribution is 0.102. The fraction of sp³-hybridized carbons (Fsp3) is 0.154. The van der Waals surface area contributed by atoms with E-state index >= 15 is 0 Å². The summed E-state index contributed by atoms with van der Waals surface area (Å²) in [7, 11) is 0. The standard InChI is InChI=1S/C26H23ClN6O/c1-3-33-17(2)22(14-29-33)25-12-21(20-9-5-7-11-24(20)31-25)26(34)30-19-13-28-32(16-19)15-18-8-4-6-10-23(18)27/h4-14,16H,3,15H2,1-2H3,(H,30,34). The van der Waals surface area contributed by atoms with Crippen LogP contribution in [-0.4, -0.2) is 30.5 Å². The van der Waals surface area contributed by atoms with Gasteiger partial charge in [0.05, 0.1) is 41.4 Å². The SMILES string of the molecule is CCn1ncc(-c2cc(C(=O)Nc3cnn(Cc4ccccc4Cl)c3)c3ccccc3n2)c1C. The third-order valence-corrected chi connectivity index (χ3v) is 6.19. The zero-order valence-electron chi connectivity index (χ0n) is 18.9. The number of hydrogen-bond acceptors (Lipinski definition) is 4. The van der Waals surface area contributed by atoms with Crippen molar-refractivity contribution in [3.63, 3.8) is 0 Å². The van der Waals surface area contributed by atoms with E-state index in [0.717, 1.165) is 40.0 Å². The molecule has 0 aliphatic heterocycles. The van der Waals surface area contributed by atoms with Gasteiger partial charge >= 0.3 is 0 Å². The van der Waals surface area contributed by atoms with E-state index in [1.54, 1.807) is 23.3 Å². The minimum Gasteiger partial charge on any atom is -0.319 e. The molecule has 0 saturated heterocycles. The summed E-state index contributed by atoms with van der Waals surface area (Å²) in [5, 5.41) is 13.2. The third-order valence-electron chi connectivity index (χ3n) is 5.82. The molecule has 170 valence electrons. The number of aromatic nitrogens is 5. The number of amides is 1. The Balaban J connectivity index is 1.46. The Morgan fingerprint density at radius 2 is 1.85 bits per heavy atom. The second-order valence-corrected chi connectivity index (χ2v) is 8.41. The van der Waals surface area contributed by atoms with Gasteiger partial charge in [-0.1, -0.05) is 48.0 Å².